The molecule has 10 heavy (non-hydrogen) atoms. The summed E-state index contributed by atoms with van der Waals surface area (Å²) in [5.41, 5.74) is 0. The molecule has 0 saturated heterocycles. The Morgan fingerprint density at radius 1 is 1.40 bits per heavy atom. The lowest BCUT2D eigenvalue weighted by Crippen LogP contribution is -2.33. The molecule has 0 rings (SSSR count). The van der Waals surface area contributed by atoms with E-state index in [1.54, 1.807) is 0 Å². The summed E-state index contributed by atoms with van der Waals surface area (Å²) in [4.78, 5) is 0. The van der Waals surface area contributed by atoms with Gasteiger partial charge in [0, 0.05) is 11.4 Å². The highest BCUT2D eigenvalue weighted by Crippen LogP contribution is 2.05. The minimum atomic E-state index is 0.638. The molecular weight excluding hydrogens is 190 g/mol. The van der Waals surface area contributed by atoms with E-state index in [1.807, 2.05) is 0 Å². The van der Waals surface area contributed by atoms with E-state index in [9.17, 15) is 0 Å². The van der Waals surface area contributed by atoms with Gasteiger partial charge in [-0.1, -0.05) is 29.8 Å². The maximum absolute atomic E-state index is 3.47. The summed E-state index contributed by atoms with van der Waals surface area (Å²) in [6.45, 7) is 7.82. The van der Waals surface area contributed by atoms with Gasteiger partial charge in [-0.2, -0.15) is 0 Å². The second-order valence-electron chi connectivity index (χ2n) is 2.87. The Bertz CT molecular complexity index is 75.7. The first kappa shape index (κ1) is 10.4. The van der Waals surface area contributed by atoms with Crippen molar-refractivity contribution in [3.8, 4) is 0 Å². The summed E-state index contributed by atoms with van der Waals surface area (Å²) < 4.78 is 0. The molecule has 0 saturated carbocycles. The van der Waals surface area contributed by atoms with Crippen molar-refractivity contribution in [3.63, 3.8) is 0 Å². The van der Waals surface area contributed by atoms with Gasteiger partial charge in [0.1, 0.15) is 0 Å². The summed E-state index contributed by atoms with van der Waals surface area (Å²) in [6, 6.07) is 0.638. The van der Waals surface area contributed by atoms with Gasteiger partial charge in [0.05, 0.1) is 0 Å². The molecule has 0 aromatic carbocycles. The smallest absolute Gasteiger partial charge is 0.00723 e. The zero-order chi connectivity index (χ0) is 7.98. The van der Waals surface area contributed by atoms with Crippen LogP contribution in [0.3, 0.4) is 0 Å². The summed E-state index contributed by atoms with van der Waals surface area (Å²) >= 11 is 3.47. The van der Waals surface area contributed by atoms with Crippen LogP contribution in [0.15, 0.2) is 0 Å². The normalized spacial score (nSPS) is 16.8. The second kappa shape index (κ2) is 6.17. The first-order chi connectivity index (χ1) is 4.72. The number of nitrogens with one attached hydrogen (secondary N) is 1. The Balaban J connectivity index is 3.31. The number of hydrogen-bond donors (Lipinski definition) is 1. The topological polar surface area (TPSA) is 12.0 Å². The molecule has 2 heteroatoms. The minimum Gasteiger partial charge on any atom is -0.314 e. The number of alkyl halides is 1. The molecule has 0 aliphatic heterocycles. The average molecular weight is 208 g/mol. The maximum atomic E-state index is 3.47. The SMILES string of the molecule is CCCNC(C)C(C)CBr. The van der Waals surface area contributed by atoms with Crippen molar-refractivity contribution in [2.75, 3.05) is 11.9 Å². The fourth-order valence-corrected chi connectivity index (χ4v) is 1.27. The van der Waals surface area contributed by atoms with Crippen molar-refractivity contribution < 1.29 is 0 Å². The van der Waals surface area contributed by atoms with E-state index in [2.05, 4.69) is 42.0 Å². The lowest BCUT2D eigenvalue weighted by molar-refractivity contribution is 0.435. The van der Waals surface area contributed by atoms with Gasteiger partial charge in [-0.05, 0) is 25.8 Å². The van der Waals surface area contributed by atoms with Crippen molar-refractivity contribution in [2.45, 2.75) is 33.2 Å². The minimum absolute atomic E-state index is 0.638. The van der Waals surface area contributed by atoms with Crippen LogP contribution in [0, 0.1) is 5.92 Å². The lowest BCUT2D eigenvalue weighted by atomic mass is 10.1. The van der Waals surface area contributed by atoms with Crippen molar-refractivity contribution in [2.24, 2.45) is 5.92 Å². The van der Waals surface area contributed by atoms with Gasteiger partial charge < -0.3 is 5.32 Å². The van der Waals surface area contributed by atoms with Gasteiger partial charge in [0.25, 0.3) is 0 Å². The third-order valence-corrected chi connectivity index (χ3v) is 2.83. The van der Waals surface area contributed by atoms with E-state index in [0.717, 1.165) is 17.8 Å². The Morgan fingerprint density at radius 2 is 2.00 bits per heavy atom. The summed E-state index contributed by atoms with van der Waals surface area (Å²) in [5, 5.41) is 4.54. The van der Waals surface area contributed by atoms with Crippen molar-refractivity contribution in [3.05, 3.63) is 0 Å². The van der Waals surface area contributed by atoms with E-state index < -0.39 is 0 Å². The summed E-state index contributed by atoms with van der Waals surface area (Å²) in [6.07, 6.45) is 1.22. The number of hydrogen-bond acceptors (Lipinski definition) is 1. The van der Waals surface area contributed by atoms with E-state index in [4.69, 9.17) is 0 Å². The van der Waals surface area contributed by atoms with Crippen LogP contribution in [0.4, 0.5) is 0 Å². The number of halogens is 1. The summed E-state index contributed by atoms with van der Waals surface area (Å²) in [5.74, 6) is 0.728. The van der Waals surface area contributed by atoms with Crippen LogP contribution < -0.4 is 5.32 Å². The molecule has 0 aliphatic carbocycles. The van der Waals surface area contributed by atoms with Gasteiger partial charge in [-0.3, -0.25) is 0 Å². The van der Waals surface area contributed by atoms with Crippen LogP contribution in [-0.4, -0.2) is 17.9 Å². The van der Waals surface area contributed by atoms with Gasteiger partial charge >= 0.3 is 0 Å². The van der Waals surface area contributed by atoms with E-state index in [-0.39, 0.29) is 0 Å². The molecule has 62 valence electrons. The predicted octanol–water partition coefficient (Wildman–Crippen LogP) is 2.41. The molecule has 0 heterocycles. The van der Waals surface area contributed by atoms with Crippen molar-refractivity contribution in [1.82, 2.24) is 5.32 Å². The molecule has 0 radical (unpaired) electrons. The quantitative estimate of drug-likeness (QED) is 0.684. The molecule has 0 spiro atoms. The van der Waals surface area contributed by atoms with Crippen molar-refractivity contribution >= 4 is 15.9 Å². The molecule has 1 nitrogen and oxygen atoms in total. The Morgan fingerprint density at radius 3 is 2.40 bits per heavy atom. The van der Waals surface area contributed by atoms with Crippen LogP contribution in [0.5, 0.6) is 0 Å². The highest BCUT2D eigenvalue weighted by molar-refractivity contribution is 9.09. The molecule has 0 aliphatic rings. The predicted molar refractivity (Wildman–Crippen MR) is 50.7 cm³/mol. The average Bonchev–Trinajstić information content (AvgIpc) is 1.98. The molecule has 0 bridgehead atoms. The van der Waals surface area contributed by atoms with Gasteiger partial charge in [0.2, 0.25) is 0 Å². The van der Waals surface area contributed by atoms with Crippen LogP contribution >= 0.6 is 15.9 Å². The van der Waals surface area contributed by atoms with Crippen molar-refractivity contribution in [1.29, 1.82) is 0 Å². The van der Waals surface area contributed by atoms with Gasteiger partial charge in [-0.25, -0.2) is 0 Å². The number of rotatable bonds is 5. The molecule has 1 N–H and O–H groups in total. The fraction of sp³-hybridized carbons (Fsp3) is 1.00. The molecule has 0 aromatic heterocycles. The highest BCUT2D eigenvalue weighted by Gasteiger charge is 2.08. The van der Waals surface area contributed by atoms with Crippen LogP contribution in [0.2, 0.25) is 0 Å². The Hall–Kier alpha value is 0.440. The molecule has 0 amide bonds. The zero-order valence-electron chi connectivity index (χ0n) is 7.15. The Labute approximate surface area is 72.7 Å². The van der Waals surface area contributed by atoms with E-state index in [1.165, 1.54) is 6.42 Å². The molecule has 0 fully saturated rings. The van der Waals surface area contributed by atoms with E-state index >= 15 is 0 Å². The maximum Gasteiger partial charge on any atom is 0.00723 e. The highest BCUT2D eigenvalue weighted by atomic mass is 79.9. The van der Waals surface area contributed by atoms with Gasteiger partial charge in [-0.15, -0.1) is 0 Å². The van der Waals surface area contributed by atoms with Gasteiger partial charge in [0.15, 0.2) is 0 Å². The fourth-order valence-electron chi connectivity index (χ4n) is 0.707. The lowest BCUT2D eigenvalue weighted by Gasteiger charge is -2.18. The van der Waals surface area contributed by atoms with Crippen LogP contribution in [-0.2, 0) is 0 Å². The largest absolute Gasteiger partial charge is 0.314 e. The standard InChI is InChI=1S/C8H18BrN/c1-4-5-10-8(3)7(2)6-9/h7-8,10H,4-6H2,1-3H3. The molecular formula is C8H18BrN. The third-order valence-electron chi connectivity index (χ3n) is 1.81. The molecule has 2 unspecified atom stereocenters. The molecule has 2 atom stereocenters. The Kier molecular flexibility index (Phi) is 6.44. The first-order valence-corrected chi connectivity index (χ1v) is 5.13. The monoisotopic (exact) mass is 207 g/mol. The second-order valence-corrected chi connectivity index (χ2v) is 3.52. The first-order valence-electron chi connectivity index (χ1n) is 4.01. The van der Waals surface area contributed by atoms with E-state index in [0.29, 0.717) is 6.04 Å². The van der Waals surface area contributed by atoms with Crippen LogP contribution in [0.25, 0.3) is 0 Å². The van der Waals surface area contributed by atoms with Crippen LogP contribution in [0.1, 0.15) is 27.2 Å². The summed E-state index contributed by atoms with van der Waals surface area (Å²) in [7, 11) is 0. The third kappa shape index (κ3) is 4.29. The zero-order valence-corrected chi connectivity index (χ0v) is 8.74. The molecule has 0 aromatic rings.